The van der Waals surface area contributed by atoms with Crippen molar-refractivity contribution in [2.24, 2.45) is 10.8 Å². The Bertz CT molecular complexity index is 368. The first-order valence-electron chi connectivity index (χ1n) is 6.56. The minimum absolute atomic E-state index is 0.201. The number of hydrogen-bond donors (Lipinski definition) is 3. The Hall–Kier alpha value is -1.55. The van der Waals surface area contributed by atoms with Gasteiger partial charge in [0.2, 0.25) is 5.96 Å². The Morgan fingerprint density at radius 3 is 2.44 bits per heavy atom. The summed E-state index contributed by atoms with van der Waals surface area (Å²) in [4.78, 5) is 4.33. The first-order valence-corrected chi connectivity index (χ1v) is 6.56. The van der Waals surface area contributed by atoms with Gasteiger partial charge in [0.15, 0.2) is 0 Å². The minimum Gasteiger partial charge on any atom is -0.325 e. The lowest BCUT2D eigenvalue weighted by Crippen LogP contribution is -2.36. The minimum atomic E-state index is 0.201. The zero-order chi connectivity index (χ0) is 13.4. The average Bonchev–Trinajstić information content (AvgIpc) is 2.36. The first-order chi connectivity index (χ1) is 8.65. The largest absolute Gasteiger partial charge is 0.325 e. The molecule has 0 atom stereocenters. The molecule has 0 unspecified atom stereocenters. The maximum Gasteiger partial charge on any atom is 0.210 e. The van der Waals surface area contributed by atoms with Crippen LogP contribution in [0.3, 0.4) is 0 Å². The summed E-state index contributed by atoms with van der Waals surface area (Å²) in [5, 5.41) is 3.16. The van der Waals surface area contributed by atoms with Crippen LogP contribution in [0.4, 0.5) is 5.69 Å². The van der Waals surface area contributed by atoms with E-state index < -0.39 is 0 Å². The second-order valence-corrected chi connectivity index (χ2v) is 4.64. The quantitative estimate of drug-likeness (QED) is 0.325. The molecule has 0 saturated carbocycles. The summed E-state index contributed by atoms with van der Waals surface area (Å²) in [6, 6.07) is 8.59. The number of aliphatic imine (C=N–C) groups is 1. The number of aryl methyl sites for hydroxylation is 1. The van der Waals surface area contributed by atoms with E-state index in [2.05, 4.69) is 46.9 Å². The summed E-state index contributed by atoms with van der Waals surface area (Å²) in [5.41, 5.74) is 4.93. The van der Waals surface area contributed by atoms with E-state index in [1.54, 1.807) is 0 Å². The smallest absolute Gasteiger partial charge is 0.210 e. The van der Waals surface area contributed by atoms with Gasteiger partial charge in [0.1, 0.15) is 0 Å². The fourth-order valence-corrected chi connectivity index (χ4v) is 1.64. The molecular formula is C14H24N4. The molecule has 0 bridgehead atoms. The van der Waals surface area contributed by atoms with E-state index in [4.69, 9.17) is 5.84 Å². The van der Waals surface area contributed by atoms with Crippen LogP contribution in [0.25, 0.3) is 0 Å². The van der Waals surface area contributed by atoms with Crippen LogP contribution in [-0.4, -0.2) is 12.0 Å². The molecule has 1 aromatic rings. The van der Waals surface area contributed by atoms with Crippen LogP contribution >= 0.6 is 0 Å². The molecular weight excluding hydrogens is 224 g/mol. The van der Waals surface area contributed by atoms with Gasteiger partial charge in [-0.1, -0.05) is 25.5 Å². The predicted octanol–water partition coefficient (Wildman–Crippen LogP) is 2.67. The lowest BCUT2D eigenvalue weighted by Gasteiger charge is -2.11. The van der Waals surface area contributed by atoms with E-state index >= 15 is 0 Å². The van der Waals surface area contributed by atoms with Gasteiger partial charge < -0.3 is 5.32 Å². The lowest BCUT2D eigenvalue weighted by atomic mass is 10.1. The Balaban J connectivity index is 2.62. The van der Waals surface area contributed by atoms with Crippen LogP contribution in [0.2, 0.25) is 0 Å². The van der Waals surface area contributed by atoms with Crippen LogP contribution in [-0.2, 0) is 6.42 Å². The standard InChI is InChI=1S/C14H24N4/c1-4-5-6-12-7-9-13(10-8-12)17-14(18-15)16-11(2)3/h7-11H,4-6,15H2,1-3H3,(H2,16,17,18). The summed E-state index contributed by atoms with van der Waals surface area (Å²) in [7, 11) is 0. The molecule has 0 aliphatic rings. The highest BCUT2D eigenvalue weighted by Crippen LogP contribution is 2.11. The van der Waals surface area contributed by atoms with Crippen molar-refractivity contribution in [3.63, 3.8) is 0 Å². The van der Waals surface area contributed by atoms with Crippen LogP contribution < -0.4 is 16.6 Å². The van der Waals surface area contributed by atoms with E-state index in [0.29, 0.717) is 5.96 Å². The second-order valence-electron chi connectivity index (χ2n) is 4.64. The molecule has 0 saturated heterocycles. The molecule has 1 rings (SSSR count). The van der Waals surface area contributed by atoms with Crippen LogP contribution in [0, 0.1) is 0 Å². The molecule has 0 aliphatic heterocycles. The van der Waals surface area contributed by atoms with Gasteiger partial charge in [-0.15, -0.1) is 0 Å². The SMILES string of the molecule is CCCCc1ccc(NC(=NC(C)C)NN)cc1. The topological polar surface area (TPSA) is 62.4 Å². The van der Waals surface area contributed by atoms with Crippen LogP contribution in [0.15, 0.2) is 29.3 Å². The molecule has 0 spiro atoms. The summed E-state index contributed by atoms with van der Waals surface area (Å²) in [5.74, 6) is 6.01. The average molecular weight is 248 g/mol. The number of guanidine groups is 1. The highest BCUT2D eigenvalue weighted by atomic mass is 15.3. The van der Waals surface area contributed by atoms with Crippen molar-refractivity contribution in [2.45, 2.75) is 46.1 Å². The molecule has 4 heteroatoms. The lowest BCUT2D eigenvalue weighted by molar-refractivity contribution is 0.795. The molecule has 4 nitrogen and oxygen atoms in total. The van der Waals surface area contributed by atoms with Crippen molar-refractivity contribution in [1.82, 2.24) is 5.43 Å². The fraction of sp³-hybridized carbons (Fsp3) is 0.500. The summed E-state index contributed by atoms with van der Waals surface area (Å²) in [6.07, 6.45) is 3.60. The number of anilines is 1. The Morgan fingerprint density at radius 2 is 1.94 bits per heavy atom. The van der Waals surface area contributed by atoms with Gasteiger partial charge in [-0.3, -0.25) is 5.43 Å². The molecule has 100 valence electrons. The monoisotopic (exact) mass is 248 g/mol. The number of nitrogens with one attached hydrogen (secondary N) is 2. The van der Waals surface area contributed by atoms with Crippen molar-refractivity contribution in [2.75, 3.05) is 5.32 Å². The molecule has 0 aromatic heterocycles. The van der Waals surface area contributed by atoms with Gasteiger partial charge in [0, 0.05) is 11.7 Å². The summed E-state index contributed by atoms with van der Waals surface area (Å²) >= 11 is 0. The Morgan fingerprint density at radius 1 is 1.28 bits per heavy atom. The Kier molecular flexibility index (Phi) is 6.22. The number of benzene rings is 1. The van der Waals surface area contributed by atoms with Crippen molar-refractivity contribution in [1.29, 1.82) is 0 Å². The van der Waals surface area contributed by atoms with Gasteiger partial charge in [-0.2, -0.15) is 0 Å². The van der Waals surface area contributed by atoms with E-state index in [1.807, 2.05) is 13.8 Å². The zero-order valence-electron chi connectivity index (χ0n) is 11.5. The number of hydrogen-bond acceptors (Lipinski definition) is 2. The van der Waals surface area contributed by atoms with Gasteiger partial charge >= 0.3 is 0 Å². The molecule has 4 N–H and O–H groups in total. The normalized spacial score (nSPS) is 11.7. The Labute approximate surface area is 110 Å². The van der Waals surface area contributed by atoms with Crippen molar-refractivity contribution < 1.29 is 0 Å². The first kappa shape index (κ1) is 14.5. The fourth-order valence-electron chi connectivity index (χ4n) is 1.64. The molecule has 0 radical (unpaired) electrons. The van der Waals surface area contributed by atoms with Gasteiger partial charge in [-0.25, -0.2) is 10.8 Å². The van der Waals surface area contributed by atoms with Gasteiger partial charge in [0.05, 0.1) is 0 Å². The van der Waals surface area contributed by atoms with Gasteiger partial charge in [0.25, 0.3) is 0 Å². The molecule has 18 heavy (non-hydrogen) atoms. The van der Waals surface area contributed by atoms with Crippen LogP contribution in [0.5, 0.6) is 0 Å². The third-order valence-electron chi connectivity index (χ3n) is 2.56. The zero-order valence-corrected chi connectivity index (χ0v) is 11.5. The number of rotatable bonds is 5. The maximum absolute atomic E-state index is 5.42. The van der Waals surface area contributed by atoms with Crippen molar-refractivity contribution in [3.8, 4) is 0 Å². The van der Waals surface area contributed by atoms with Gasteiger partial charge in [-0.05, 0) is 44.4 Å². The third-order valence-corrected chi connectivity index (χ3v) is 2.56. The van der Waals surface area contributed by atoms with E-state index in [9.17, 15) is 0 Å². The number of nitrogens with two attached hydrogens (primary N) is 1. The molecule has 0 fully saturated rings. The second kappa shape index (κ2) is 7.71. The maximum atomic E-state index is 5.42. The number of nitrogens with zero attached hydrogens (tertiary/aromatic N) is 1. The molecule has 0 aliphatic carbocycles. The molecule has 0 amide bonds. The highest BCUT2D eigenvalue weighted by molar-refractivity contribution is 5.93. The summed E-state index contributed by atoms with van der Waals surface area (Å²) < 4.78 is 0. The van der Waals surface area contributed by atoms with E-state index in [1.165, 1.54) is 18.4 Å². The van der Waals surface area contributed by atoms with Crippen molar-refractivity contribution in [3.05, 3.63) is 29.8 Å². The number of unbranched alkanes of at least 4 members (excludes halogenated alkanes) is 1. The van der Waals surface area contributed by atoms with E-state index in [-0.39, 0.29) is 6.04 Å². The van der Waals surface area contributed by atoms with E-state index in [0.717, 1.165) is 12.1 Å². The highest BCUT2D eigenvalue weighted by Gasteiger charge is 1.99. The van der Waals surface area contributed by atoms with Crippen molar-refractivity contribution >= 4 is 11.6 Å². The third kappa shape index (κ3) is 5.19. The van der Waals surface area contributed by atoms with Crippen LogP contribution in [0.1, 0.15) is 39.2 Å². The predicted molar refractivity (Wildman–Crippen MR) is 78.6 cm³/mol. The summed E-state index contributed by atoms with van der Waals surface area (Å²) in [6.45, 7) is 6.22. The number of hydrazine groups is 1. The molecule has 1 aromatic carbocycles. The molecule has 0 heterocycles.